The van der Waals surface area contributed by atoms with Crippen molar-refractivity contribution >= 4 is 11.4 Å². The molecule has 0 fully saturated rings. The highest BCUT2D eigenvalue weighted by Gasteiger charge is 2.28. The number of hydrogen-bond donors (Lipinski definition) is 1. The molecule has 0 saturated carbocycles. The number of nitrogens with one attached hydrogen (secondary N) is 1. The Balaban J connectivity index is 1.72. The molecule has 2 aromatic rings. The summed E-state index contributed by atoms with van der Waals surface area (Å²) in [5.74, 6) is 1.68. The van der Waals surface area contributed by atoms with Gasteiger partial charge in [0.15, 0.2) is 11.5 Å². The van der Waals surface area contributed by atoms with E-state index in [4.69, 9.17) is 9.47 Å². The lowest BCUT2D eigenvalue weighted by molar-refractivity contribution is 0.174. The van der Waals surface area contributed by atoms with Crippen LogP contribution < -0.4 is 19.7 Å². The van der Waals surface area contributed by atoms with Crippen molar-refractivity contribution in [3.63, 3.8) is 0 Å². The molecule has 2 aliphatic heterocycles. The molecule has 1 N–H and O–H groups in total. The largest absolute Gasteiger partial charge is 0.454 e. The number of ether oxygens (including phenoxy) is 2. The summed E-state index contributed by atoms with van der Waals surface area (Å²) >= 11 is 0. The number of anilines is 2. The van der Waals surface area contributed by atoms with E-state index in [1.165, 1.54) is 11.3 Å². The molecule has 0 aromatic heterocycles. The van der Waals surface area contributed by atoms with Crippen LogP contribution in [0.2, 0.25) is 0 Å². The summed E-state index contributed by atoms with van der Waals surface area (Å²) < 4.78 is 11.0. The molecule has 1 atom stereocenters. The van der Waals surface area contributed by atoms with Crippen LogP contribution in [-0.2, 0) is 6.54 Å². The molecule has 0 aliphatic carbocycles. The van der Waals surface area contributed by atoms with Gasteiger partial charge in [-0.25, -0.2) is 0 Å². The van der Waals surface area contributed by atoms with Gasteiger partial charge >= 0.3 is 0 Å². The van der Waals surface area contributed by atoms with Gasteiger partial charge in [0, 0.05) is 31.3 Å². The van der Waals surface area contributed by atoms with Crippen LogP contribution in [0.1, 0.15) is 18.9 Å². The highest BCUT2D eigenvalue weighted by atomic mass is 16.7. The van der Waals surface area contributed by atoms with E-state index in [-0.39, 0.29) is 0 Å². The third kappa shape index (κ3) is 2.25. The Bertz CT molecular complexity index is 672. The maximum atomic E-state index is 5.56. The van der Waals surface area contributed by atoms with E-state index in [1.807, 2.05) is 0 Å². The van der Waals surface area contributed by atoms with Gasteiger partial charge in [-0.3, -0.25) is 0 Å². The molecule has 2 aromatic carbocycles. The Morgan fingerprint density at radius 3 is 2.68 bits per heavy atom. The molecule has 4 nitrogen and oxygen atoms in total. The molecule has 22 heavy (non-hydrogen) atoms. The van der Waals surface area contributed by atoms with Crippen LogP contribution in [0, 0.1) is 0 Å². The van der Waals surface area contributed by atoms with Crippen LogP contribution in [0.4, 0.5) is 11.4 Å². The summed E-state index contributed by atoms with van der Waals surface area (Å²) in [6.07, 6.45) is 1.10. The number of fused-ring (bicyclic) bond motifs is 2. The molecule has 0 amide bonds. The monoisotopic (exact) mass is 296 g/mol. The Labute approximate surface area is 130 Å². The molecule has 0 radical (unpaired) electrons. The molecule has 1 unspecified atom stereocenters. The van der Waals surface area contributed by atoms with Crippen molar-refractivity contribution in [1.29, 1.82) is 0 Å². The first kappa shape index (κ1) is 13.3. The van der Waals surface area contributed by atoms with Crippen molar-refractivity contribution < 1.29 is 9.47 Å². The number of nitrogens with zero attached hydrogens (tertiary/aromatic N) is 1. The first-order valence-electron chi connectivity index (χ1n) is 7.83. The van der Waals surface area contributed by atoms with Crippen LogP contribution in [0.5, 0.6) is 11.5 Å². The zero-order valence-corrected chi connectivity index (χ0v) is 12.7. The molecule has 114 valence electrons. The van der Waals surface area contributed by atoms with Crippen molar-refractivity contribution in [3.05, 3.63) is 48.0 Å². The molecule has 4 rings (SSSR count). The molecule has 4 heteroatoms. The maximum Gasteiger partial charge on any atom is 0.231 e. The van der Waals surface area contributed by atoms with E-state index in [9.17, 15) is 0 Å². The van der Waals surface area contributed by atoms with Crippen LogP contribution in [0.15, 0.2) is 42.5 Å². The van der Waals surface area contributed by atoms with E-state index in [1.54, 1.807) is 0 Å². The fraction of sp³-hybridized carbons (Fsp3) is 0.333. The minimum absolute atomic E-state index is 0.314. The van der Waals surface area contributed by atoms with Gasteiger partial charge in [-0.05, 0) is 12.0 Å². The average Bonchev–Trinajstić information content (AvgIpc) is 3.01. The quantitative estimate of drug-likeness (QED) is 0.938. The minimum atomic E-state index is 0.314. The molecule has 2 aliphatic rings. The Hall–Kier alpha value is -2.36. The Morgan fingerprint density at radius 1 is 1.14 bits per heavy atom. The number of rotatable bonds is 3. The fourth-order valence-electron chi connectivity index (χ4n) is 3.20. The van der Waals surface area contributed by atoms with E-state index in [2.05, 4.69) is 59.6 Å². The van der Waals surface area contributed by atoms with Crippen LogP contribution in [0.3, 0.4) is 0 Å². The first-order valence-corrected chi connectivity index (χ1v) is 7.83. The zero-order valence-electron chi connectivity index (χ0n) is 12.7. The van der Waals surface area contributed by atoms with Crippen LogP contribution in [0.25, 0.3) is 0 Å². The number of hydrogen-bond acceptors (Lipinski definition) is 4. The van der Waals surface area contributed by atoms with E-state index >= 15 is 0 Å². The molecule has 0 saturated heterocycles. The molecule has 0 spiro atoms. The van der Waals surface area contributed by atoms with Gasteiger partial charge in [-0.15, -0.1) is 0 Å². The lowest BCUT2D eigenvalue weighted by Gasteiger charge is -2.39. The average molecular weight is 296 g/mol. The van der Waals surface area contributed by atoms with Crippen molar-refractivity contribution in [2.75, 3.05) is 23.6 Å². The standard InChI is InChI=1S/C18H20N2O2/c1-2-14-10-19-15-8-17-18(22-12-21-17)9-16(15)20(14)11-13-6-4-3-5-7-13/h3-9,14,19H,2,10-12H2,1H3. The van der Waals surface area contributed by atoms with Gasteiger partial charge in [-0.2, -0.15) is 0 Å². The minimum Gasteiger partial charge on any atom is -0.454 e. The molecule has 2 heterocycles. The van der Waals surface area contributed by atoms with Crippen molar-refractivity contribution in [2.45, 2.75) is 25.9 Å². The number of benzene rings is 2. The van der Waals surface area contributed by atoms with E-state index in [0.717, 1.165) is 36.7 Å². The van der Waals surface area contributed by atoms with Gasteiger partial charge in [0.1, 0.15) is 0 Å². The van der Waals surface area contributed by atoms with Gasteiger partial charge in [0.25, 0.3) is 0 Å². The van der Waals surface area contributed by atoms with Gasteiger partial charge in [-0.1, -0.05) is 37.3 Å². The van der Waals surface area contributed by atoms with Crippen molar-refractivity contribution in [1.82, 2.24) is 0 Å². The second kappa shape index (κ2) is 5.44. The predicted molar refractivity (Wildman–Crippen MR) is 87.8 cm³/mol. The summed E-state index contributed by atoms with van der Waals surface area (Å²) in [6.45, 7) is 4.42. The van der Waals surface area contributed by atoms with Crippen LogP contribution >= 0.6 is 0 Å². The van der Waals surface area contributed by atoms with E-state index in [0.29, 0.717) is 12.8 Å². The SMILES string of the molecule is CCC1CNc2cc3c(cc2N1Cc1ccccc1)OCO3. The highest BCUT2D eigenvalue weighted by Crippen LogP contribution is 2.43. The second-order valence-electron chi connectivity index (χ2n) is 5.78. The fourth-order valence-corrected chi connectivity index (χ4v) is 3.20. The second-order valence-corrected chi connectivity index (χ2v) is 5.78. The van der Waals surface area contributed by atoms with E-state index < -0.39 is 0 Å². The van der Waals surface area contributed by atoms with Gasteiger partial charge < -0.3 is 19.7 Å². The summed E-state index contributed by atoms with van der Waals surface area (Å²) in [6, 6.07) is 15.3. The first-order chi connectivity index (χ1) is 10.8. The van der Waals surface area contributed by atoms with Crippen LogP contribution in [-0.4, -0.2) is 19.4 Å². The predicted octanol–water partition coefficient (Wildman–Crippen LogP) is 3.63. The molecular formula is C18H20N2O2. The smallest absolute Gasteiger partial charge is 0.231 e. The normalized spacial score (nSPS) is 18.8. The Kier molecular flexibility index (Phi) is 3.29. The maximum absolute atomic E-state index is 5.56. The van der Waals surface area contributed by atoms with Gasteiger partial charge in [0.2, 0.25) is 6.79 Å². The van der Waals surface area contributed by atoms with Gasteiger partial charge in [0.05, 0.1) is 11.4 Å². The summed E-state index contributed by atoms with van der Waals surface area (Å²) in [5.41, 5.74) is 3.66. The third-order valence-corrected chi connectivity index (χ3v) is 4.44. The summed E-state index contributed by atoms with van der Waals surface area (Å²) in [7, 11) is 0. The lowest BCUT2D eigenvalue weighted by Crippen LogP contribution is -2.43. The summed E-state index contributed by atoms with van der Waals surface area (Å²) in [4.78, 5) is 2.48. The molecule has 0 bridgehead atoms. The van der Waals surface area contributed by atoms with Crippen molar-refractivity contribution in [3.8, 4) is 11.5 Å². The lowest BCUT2D eigenvalue weighted by atomic mass is 10.0. The molecular weight excluding hydrogens is 276 g/mol. The topological polar surface area (TPSA) is 33.7 Å². The zero-order chi connectivity index (χ0) is 14.9. The summed E-state index contributed by atoms with van der Waals surface area (Å²) in [5, 5.41) is 3.53. The van der Waals surface area contributed by atoms with Crippen molar-refractivity contribution in [2.24, 2.45) is 0 Å². The Morgan fingerprint density at radius 2 is 1.91 bits per heavy atom. The third-order valence-electron chi connectivity index (χ3n) is 4.44. The highest BCUT2D eigenvalue weighted by molar-refractivity contribution is 5.77.